The van der Waals surface area contributed by atoms with Crippen molar-refractivity contribution in [3.8, 4) is 10.4 Å². The highest BCUT2D eigenvalue weighted by molar-refractivity contribution is 7.18. The van der Waals surface area contributed by atoms with E-state index in [4.69, 9.17) is 5.73 Å². The van der Waals surface area contributed by atoms with E-state index in [1.807, 2.05) is 27.8 Å². The molecule has 1 aliphatic heterocycles. The minimum atomic E-state index is -0.158. The number of nitrogens with zero attached hydrogens (tertiary/aromatic N) is 3. The number of fused-ring (bicyclic) bond motifs is 1. The zero-order valence-electron chi connectivity index (χ0n) is 14.3. The number of amides is 1. The van der Waals surface area contributed by atoms with Crippen LogP contribution in [0.1, 0.15) is 19.3 Å². The standard InChI is InChI=1S/C18H20N4O2S2/c19-8-12-4-1-2-6-22(12)15(23)9-21-11-20-17-16(18(21)24)13(10-26-17)14-5-3-7-25-14/h3,5,7,10-12H,1-2,4,6,8-9,19H2. The summed E-state index contributed by atoms with van der Waals surface area (Å²) in [6.07, 6.45) is 4.50. The molecule has 0 spiro atoms. The number of likely N-dealkylation sites (tertiary alicyclic amines) is 1. The lowest BCUT2D eigenvalue weighted by Crippen LogP contribution is -2.49. The van der Waals surface area contributed by atoms with E-state index >= 15 is 0 Å². The molecule has 0 bridgehead atoms. The van der Waals surface area contributed by atoms with Gasteiger partial charge in [0, 0.05) is 35.0 Å². The molecule has 26 heavy (non-hydrogen) atoms. The molecule has 2 N–H and O–H groups in total. The smallest absolute Gasteiger partial charge is 0.263 e. The van der Waals surface area contributed by atoms with Crippen molar-refractivity contribution < 1.29 is 4.79 Å². The number of hydrogen-bond donors (Lipinski definition) is 1. The first-order valence-electron chi connectivity index (χ1n) is 8.69. The van der Waals surface area contributed by atoms with Gasteiger partial charge in [0.1, 0.15) is 11.4 Å². The Kier molecular flexibility index (Phi) is 4.88. The molecule has 0 aliphatic carbocycles. The highest BCUT2D eigenvalue weighted by Crippen LogP contribution is 2.33. The van der Waals surface area contributed by atoms with E-state index in [0.717, 1.165) is 29.7 Å². The maximum atomic E-state index is 13.0. The summed E-state index contributed by atoms with van der Waals surface area (Å²) in [5.74, 6) is -0.0590. The van der Waals surface area contributed by atoms with Crippen molar-refractivity contribution >= 4 is 38.8 Å². The van der Waals surface area contributed by atoms with Crippen molar-refractivity contribution in [2.24, 2.45) is 5.73 Å². The van der Waals surface area contributed by atoms with E-state index in [1.165, 1.54) is 22.2 Å². The van der Waals surface area contributed by atoms with Gasteiger partial charge in [-0.05, 0) is 30.7 Å². The van der Waals surface area contributed by atoms with E-state index in [0.29, 0.717) is 23.3 Å². The lowest BCUT2D eigenvalue weighted by atomic mass is 10.0. The average Bonchev–Trinajstić information content (AvgIpc) is 3.33. The Morgan fingerprint density at radius 1 is 1.35 bits per heavy atom. The van der Waals surface area contributed by atoms with E-state index in [-0.39, 0.29) is 24.1 Å². The van der Waals surface area contributed by atoms with E-state index in [1.54, 1.807) is 11.3 Å². The average molecular weight is 389 g/mol. The molecule has 6 nitrogen and oxygen atoms in total. The van der Waals surface area contributed by atoms with E-state index in [2.05, 4.69) is 4.98 Å². The molecule has 1 atom stereocenters. The van der Waals surface area contributed by atoms with Gasteiger partial charge in [0.15, 0.2) is 0 Å². The third-order valence-corrected chi connectivity index (χ3v) is 6.66. The number of piperidine rings is 1. The van der Waals surface area contributed by atoms with Gasteiger partial charge < -0.3 is 10.6 Å². The first-order valence-corrected chi connectivity index (χ1v) is 10.4. The Balaban J connectivity index is 1.67. The van der Waals surface area contributed by atoms with Crippen molar-refractivity contribution in [2.45, 2.75) is 31.8 Å². The van der Waals surface area contributed by atoms with Gasteiger partial charge in [0.05, 0.1) is 11.7 Å². The Morgan fingerprint density at radius 3 is 3.00 bits per heavy atom. The van der Waals surface area contributed by atoms with Crippen molar-refractivity contribution in [3.05, 3.63) is 39.6 Å². The van der Waals surface area contributed by atoms with Crippen LogP contribution in [0, 0.1) is 0 Å². The number of nitrogens with two attached hydrogens (primary N) is 1. The topological polar surface area (TPSA) is 81.2 Å². The van der Waals surface area contributed by atoms with Gasteiger partial charge in [-0.15, -0.1) is 22.7 Å². The van der Waals surface area contributed by atoms with Crippen LogP contribution < -0.4 is 11.3 Å². The van der Waals surface area contributed by atoms with Gasteiger partial charge >= 0.3 is 0 Å². The molecule has 0 saturated carbocycles. The van der Waals surface area contributed by atoms with Crippen molar-refractivity contribution in [2.75, 3.05) is 13.1 Å². The Labute approximate surface area is 158 Å². The summed E-state index contributed by atoms with van der Waals surface area (Å²) >= 11 is 3.05. The summed E-state index contributed by atoms with van der Waals surface area (Å²) in [5.41, 5.74) is 6.56. The van der Waals surface area contributed by atoms with E-state index in [9.17, 15) is 9.59 Å². The third kappa shape index (κ3) is 3.08. The normalized spacial score (nSPS) is 17.7. The number of hydrogen-bond acceptors (Lipinski definition) is 6. The second-order valence-corrected chi connectivity index (χ2v) is 8.26. The number of carbonyl (C=O) groups is 1. The summed E-state index contributed by atoms with van der Waals surface area (Å²) in [5, 5.41) is 4.55. The van der Waals surface area contributed by atoms with Crippen LogP contribution in [0.2, 0.25) is 0 Å². The second-order valence-electron chi connectivity index (χ2n) is 6.46. The van der Waals surface area contributed by atoms with Crippen molar-refractivity contribution in [3.63, 3.8) is 0 Å². The van der Waals surface area contributed by atoms with E-state index < -0.39 is 0 Å². The predicted octanol–water partition coefficient (Wildman–Crippen LogP) is 2.53. The molecule has 1 unspecified atom stereocenters. The molecule has 1 aliphatic rings. The van der Waals surface area contributed by atoms with Gasteiger partial charge in [0.2, 0.25) is 5.91 Å². The van der Waals surface area contributed by atoms with Crippen LogP contribution >= 0.6 is 22.7 Å². The minimum Gasteiger partial charge on any atom is -0.337 e. The second kappa shape index (κ2) is 7.30. The van der Waals surface area contributed by atoms with Gasteiger partial charge in [-0.1, -0.05) is 6.07 Å². The highest BCUT2D eigenvalue weighted by atomic mass is 32.1. The summed E-state index contributed by atoms with van der Waals surface area (Å²) in [7, 11) is 0. The van der Waals surface area contributed by atoms with Crippen LogP contribution in [0.15, 0.2) is 34.0 Å². The van der Waals surface area contributed by atoms with Crippen LogP contribution in [-0.2, 0) is 11.3 Å². The molecular weight excluding hydrogens is 368 g/mol. The minimum absolute atomic E-state index is 0.0119. The molecule has 3 aromatic rings. The van der Waals surface area contributed by atoms with Gasteiger partial charge in [-0.2, -0.15) is 0 Å². The molecule has 1 saturated heterocycles. The van der Waals surface area contributed by atoms with Gasteiger partial charge in [0.25, 0.3) is 5.56 Å². The Hall–Kier alpha value is -2.03. The highest BCUT2D eigenvalue weighted by Gasteiger charge is 2.26. The summed E-state index contributed by atoms with van der Waals surface area (Å²) < 4.78 is 1.43. The quantitative estimate of drug-likeness (QED) is 0.745. The molecule has 136 valence electrons. The zero-order chi connectivity index (χ0) is 18.1. The third-order valence-electron chi connectivity index (χ3n) is 4.87. The van der Waals surface area contributed by atoms with Crippen LogP contribution in [0.5, 0.6) is 0 Å². The molecule has 0 aromatic carbocycles. The fourth-order valence-corrected chi connectivity index (χ4v) is 5.22. The number of carbonyl (C=O) groups excluding carboxylic acids is 1. The summed E-state index contributed by atoms with van der Waals surface area (Å²) in [6.45, 7) is 1.19. The molecule has 3 aromatic heterocycles. The molecule has 4 rings (SSSR count). The Morgan fingerprint density at radius 2 is 2.23 bits per heavy atom. The number of aromatic nitrogens is 2. The van der Waals surface area contributed by atoms with Crippen molar-refractivity contribution in [1.82, 2.24) is 14.5 Å². The molecule has 1 amide bonds. The van der Waals surface area contributed by atoms with Gasteiger partial charge in [-0.3, -0.25) is 14.2 Å². The van der Waals surface area contributed by atoms with Gasteiger partial charge in [-0.25, -0.2) is 4.98 Å². The lowest BCUT2D eigenvalue weighted by molar-refractivity contribution is -0.135. The Bertz CT molecular complexity index is 977. The number of thiophene rings is 2. The molecule has 8 heteroatoms. The monoisotopic (exact) mass is 388 g/mol. The SMILES string of the molecule is NCC1CCCCN1C(=O)Cn1cnc2scc(-c3cccs3)c2c1=O. The first kappa shape index (κ1) is 17.4. The summed E-state index contributed by atoms with van der Waals surface area (Å²) in [4.78, 5) is 33.8. The van der Waals surface area contributed by atoms with Crippen LogP contribution in [-0.4, -0.2) is 39.5 Å². The predicted molar refractivity (Wildman–Crippen MR) is 106 cm³/mol. The lowest BCUT2D eigenvalue weighted by Gasteiger charge is -2.35. The maximum Gasteiger partial charge on any atom is 0.263 e. The van der Waals surface area contributed by atoms with Crippen LogP contribution in [0.3, 0.4) is 0 Å². The largest absolute Gasteiger partial charge is 0.337 e. The maximum absolute atomic E-state index is 13.0. The van der Waals surface area contributed by atoms with Crippen LogP contribution in [0.4, 0.5) is 0 Å². The van der Waals surface area contributed by atoms with Crippen LogP contribution in [0.25, 0.3) is 20.7 Å². The molecule has 4 heterocycles. The van der Waals surface area contributed by atoms with Crippen molar-refractivity contribution in [1.29, 1.82) is 0 Å². The zero-order valence-corrected chi connectivity index (χ0v) is 15.9. The number of rotatable bonds is 4. The first-order chi connectivity index (χ1) is 12.7. The summed E-state index contributed by atoms with van der Waals surface area (Å²) in [6, 6.07) is 4.03. The molecular formula is C18H20N4O2S2. The molecule has 1 fully saturated rings. The fourth-order valence-electron chi connectivity index (χ4n) is 3.50. The fraction of sp³-hybridized carbons (Fsp3) is 0.389. The molecule has 0 radical (unpaired) electrons.